The first-order chi connectivity index (χ1) is 11.3. The van der Waals surface area contributed by atoms with Crippen molar-refractivity contribution in [1.29, 1.82) is 0 Å². The average molecular weight is 332 g/mol. The molecule has 1 amide bonds. The number of non-ortho nitro benzene ring substituents is 1. The van der Waals surface area contributed by atoms with E-state index in [4.69, 9.17) is 0 Å². The lowest BCUT2D eigenvalue weighted by Gasteiger charge is -2.25. The van der Waals surface area contributed by atoms with E-state index >= 15 is 0 Å². The van der Waals surface area contributed by atoms with Crippen LogP contribution in [0.5, 0.6) is 0 Å². The molecule has 0 aliphatic rings. The zero-order chi connectivity index (χ0) is 17.9. The van der Waals surface area contributed by atoms with Crippen molar-refractivity contribution in [2.24, 2.45) is 0 Å². The van der Waals surface area contributed by atoms with Crippen LogP contribution < -0.4 is 11.2 Å². The lowest BCUT2D eigenvalue weighted by Crippen LogP contribution is -2.37. The summed E-state index contributed by atoms with van der Waals surface area (Å²) in [6.45, 7) is 1.48. The highest BCUT2D eigenvalue weighted by Crippen LogP contribution is 2.23. The van der Waals surface area contributed by atoms with Crippen LogP contribution in [-0.2, 0) is 11.3 Å². The number of hydrogen-bond acceptors (Lipinski definition) is 5. The summed E-state index contributed by atoms with van der Waals surface area (Å²) < 4.78 is 1.08. The number of aromatic amines is 1. The fourth-order valence-corrected chi connectivity index (χ4v) is 2.16. The third-order valence-corrected chi connectivity index (χ3v) is 3.74. The Morgan fingerprint density at radius 3 is 2.71 bits per heavy atom. The van der Waals surface area contributed by atoms with E-state index in [1.807, 2.05) is 0 Å². The Kier molecular flexibility index (Phi) is 4.93. The zero-order valence-corrected chi connectivity index (χ0v) is 13.1. The standard InChI is InChI=1S/C15H16N4O5/c1-10(11-4-3-5-12(8-11)19(23)24)17(2)14(21)9-18-7-6-13(20)16-15(18)22/h3-8,10H,9H2,1-2H3,(H,16,20,22). The maximum atomic E-state index is 12.3. The Morgan fingerprint density at radius 2 is 2.08 bits per heavy atom. The Bertz CT molecular complexity index is 886. The highest BCUT2D eigenvalue weighted by molar-refractivity contribution is 5.76. The number of hydrogen-bond donors (Lipinski definition) is 1. The average Bonchev–Trinajstić information content (AvgIpc) is 2.56. The molecule has 2 aromatic rings. The van der Waals surface area contributed by atoms with E-state index in [0.29, 0.717) is 5.56 Å². The summed E-state index contributed by atoms with van der Waals surface area (Å²) in [6.07, 6.45) is 1.24. The van der Waals surface area contributed by atoms with Crippen molar-refractivity contribution < 1.29 is 9.72 Å². The first-order valence-electron chi connectivity index (χ1n) is 7.09. The van der Waals surface area contributed by atoms with Crippen LogP contribution in [0.1, 0.15) is 18.5 Å². The van der Waals surface area contributed by atoms with Crippen LogP contribution in [0.2, 0.25) is 0 Å². The molecule has 0 saturated heterocycles. The topological polar surface area (TPSA) is 118 Å². The number of nitrogens with one attached hydrogen (secondary N) is 1. The fraction of sp³-hybridized carbons (Fsp3) is 0.267. The van der Waals surface area contributed by atoms with Crippen molar-refractivity contribution >= 4 is 11.6 Å². The largest absolute Gasteiger partial charge is 0.337 e. The van der Waals surface area contributed by atoms with Gasteiger partial charge in [-0.1, -0.05) is 12.1 Å². The lowest BCUT2D eigenvalue weighted by molar-refractivity contribution is -0.384. The van der Waals surface area contributed by atoms with Gasteiger partial charge in [0.15, 0.2) is 0 Å². The van der Waals surface area contributed by atoms with Crippen molar-refractivity contribution in [3.8, 4) is 0 Å². The van der Waals surface area contributed by atoms with E-state index in [2.05, 4.69) is 4.98 Å². The van der Waals surface area contributed by atoms with Gasteiger partial charge in [-0.05, 0) is 12.5 Å². The van der Waals surface area contributed by atoms with Crippen molar-refractivity contribution in [3.63, 3.8) is 0 Å². The van der Waals surface area contributed by atoms with Gasteiger partial charge < -0.3 is 4.90 Å². The molecule has 0 fully saturated rings. The number of aromatic nitrogens is 2. The third-order valence-electron chi connectivity index (χ3n) is 3.74. The number of amides is 1. The predicted octanol–water partition coefficient (Wildman–Crippen LogP) is 0.664. The fourth-order valence-electron chi connectivity index (χ4n) is 2.16. The summed E-state index contributed by atoms with van der Waals surface area (Å²) in [5, 5.41) is 10.8. The van der Waals surface area contributed by atoms with Gasteiger partial charge in [-0.25, -0.2) is 4.79 Å². The Balaban J connectivity index is 2.17. The van der Waals surface area contributed by atoms with Crippen molar-refractivity contribution in [2.75, 3.05) is 7.05 Å². The molecule has 1 aromatic heterocycles. The number of nitro groups is 1. The highest BCUT2D eigenvalue weighted by atomic mass is 16.6. The molecule has 1 atom stereocenters. The molecule has 0 aliphatic carbocycles. The van der Waals surface area contributed by atoms with E-state index < -0.39 is 22.2 Å². The van der Waals surface area contributed by atoms with E-state index in [1.54, 1.807) is 26.1 Å². The monoisotopic (exact) mass is 332 g/mol. The lowest BCUT2D eigenvalue weighted by atomic mass is 10.1. The molecule has 0 radical (unpaired) electrons. The molecule has 1 unspecified atom stereocenters. The normalized spacial score (nSPS) is 11.8. The minimum Gasteiger partial charge on any atom is -0.337 e. The van der Waals surface area contributed by atoms with Crippen LogP contribution in [0.4, 0.5) is 5.69 Å². The molecule has 1 N–H and O–H groups in total. The second-order valence-corrected chi connectivity index (χ2v) is 5.27. The molecule has 0 aliphatic heterocycles. The SMILES string of the molecule is CC(c1cccc([N+](=O)[O-])c1)N(C)C(=O)Cn1ccc(=O)[nH]c1=O. The maximum absolute atomic E-state index is 12.3. The van der Waals surface area contributed by atoms with Crippen LogP contribution >= 0.6 is 0 Å². The summed E-state index contributed by atoms with van der Waals surface area (Å²) >= 11 is 0. The molecular formula is C15H16N4O5. The first-order valence-corrected chi connectivity index (χ1v) is 7.09. The van der Waals surface area contributed by atoms with Crippen LogP contribution in [0.25, 0.3) is 0 Å². The highest BCUT2D eigenvalue weighted by Gasteiger charge is 2.19. The minimum absolute atomic E-state index is 0.0583. The molecule has 2 rings (SSSR count). The summed E-state index contributed by atoms with van der Waals surface area (Å²) in [7, 11) is 1.54. The van der Waals surface area contributed by atoms with Crippen molar-refractivity contribution in [2.45, 2.75) is 19.5 Å². The van der Waals surface area contributed by atoms with Gasteiger partial charge in [-0.3, -0.25) is 29.3 Å². The second kappa shape index (κ2) is 6.90. The smallest absolute Gasteiger partial charge is 0.328 e. The molecule has 1 heterocycles. The minimum atomic E-state index is -0.674. The van der Waals surface area contributed by atoms with Gasteiger partial charge in [0.05, 0.1) is 11.0 Å². The van der Waals surface area contributed by atoms with Gasteiger partial charge in [-0.15, -0.1) is 0 Å². The van der Waals surface area contributed by atoms with E-state index in [0.717, 1.165) is 10.6 Å². The molecule has 9 heteroatoms. The summed E-state index contributed by atoms with van der Waals surface area (Å²) in [5.74, 6) is -0.372. The van der Waals surface area contributed by atoms with Crippen molar-refractivity contribution in [3.05, 3.63) is 73.0 Å². The molecule has 0 bridgehead atoms. The van der Waals surface area contributed by atoms with Crippen LogP contribution in [0.15, 0.2) is 46.1 Å². The number of carbonyl (C=O) groups excluding carboxylic acids is 1. The molecule has 0 spiro atoms. The molecule has 9 nitrogen and oxygen atoms in total. The van der Waals surface area contributed by atoms with E-state index in [1.165, 1.54) is 23.2 Å². The zero-order valence-electron chi connectivity index (χ0n) is 13.1. The summed E-state index contributed by atoms with van der Waals surface area (Å²) in [6, 6.07) is 6.75. The number of rotatable bonds is 5. The van der Waals surface area contributed by atoms with Gasteiger partial charge in [0.25, 0.3) is 11.2 Å². The molecule has 24 heavy (non-hydrogen) atoms. The maximum Gasteiger partial charge on any atom is 0.328 e. The number of nitrogens with zero attached hydrogens (tertiary/aromatic N) is 3. The first kappa shape index (κ1) is 17.1. The Labute approximate surface area is 136 Å². The predicted molar refractivity (Wildman–Crippen MR) is 85.6 cm³/mol. The molecular weight excluding hydrogens is 316 g/mol. The molecule has 126 valence electrons. The number of carbonyl (C=O) groups is 1. The van der Waals surface area contributed by atoms with Gasteiger partial charge >= 0.3 is 5.69 Å². The summed E-state index contributed by atoms with van der Waals surface area (Å²) in [4.78, 5) is 48.8. The summed E-state index contributed by atoms with van der Waals surface area (Å²) in [5.41, 5.74) is -0.666. The van der Waals surface area contributed by atoms with E-state index in [9.17, 15) is 24.5 Å². The number of likely N-dealkylation sites (N-methyl/N-ethyl adjacent to an activating group) is 1. The van der Waals surface area contributed by atoms with Gasteiger partial charge in [-0.2, -0.15) is 0 Å². The van der Waals surface area contributed by atoms with Gasteiger partial charge in [0.2, 0.25) is 5.91 Å². The van der Waals surface area contributed by atoms with Gasteiger partial charge in [0.1, 0.15) is 6.54 Å². The molecule has 1 aromatic carbocycles. The van der Waals surface area contributed by atoms with E-state index in [-0.39, 0.29) is 18.1 Å². The Hall–Kier alpha value is -3.23. The quantitative estimate of drug-likeness (QED) is 0.637. The van der Waals surface area contributed by atoms with Gasteiger partial charge in [0, 0.05) is 31.4 Å². The third kappa shape index (κ3) is 3.75. The number of benzene rings is 1. The van der Waals surface area contributed by atoms with Crippen LogP contribution in [-0.4, -0.2) is 32.3 Å². The number of nitro benzene ring substituents is 1. The molecule has 0 saturated carbocycles. The second-order valence-electron chi connectivity index (χ2n) is 5.27. The Morgan fingerprint density at radius 1 is 1.38 bits per heavy atom. The number of H-pyrrole nitrogens is 1. The van der Waals surface area contributed by atoms with Crippen LogP contribution in [0, 0.1) is 10.1 Å². The van der Waals surface area contributed by atoms with Crippen LogP contribution in [0.3, 0.4) is 0 Å². The van der Waals surface area contributed by atoms with Crippen molar-refractivity contribution in [1.82, 2.24) is 14.5 Å².